The van der Waals surface area contributed by atoms with Gasteiger partial charge in [-0.2, -0.15) is 0 Å². The van der Waals surface area contributed by atoms with E-state index < -0.39 is 0 Å². The number of esters is 1. The lowest BCUT2D eigenvalue weighted by Gasteiger charge is -2.59. The summed E-state index contributed by atoms with van der Waals surface area (Å²) in [6.07, 6.45) is 7.64. The van der Waals surface area contributed by atoms with Gasteiger partial charge in [-0.05, 0) is 80.5 Å². The van der Waals surface area contributed by atoms with Crippen LogP contribution < -0.4 is 0 Å². The van der Waals surface area contributed by atoms with Gasteiger partial charge >= 0.3 is 5.97 Å². The highest BCUT2D eigenvalue weighted by molar-refractivity contribution is 5.87. The van der Waals surface area contributed by atoms with E-state index in [1.165, 1.54) is 6.92 Å². The standard InChI is InChI=1S/C23H34O4/c1-13(24)18-7-8-19-17-6-5-15-11-16(27-14(2)25)9-10-22(15,3)21(17)20(26)12-23(18,19)4/h15-19,21H,5-12H2,1-4H3/t15?,16?,17-,18+,19-,21+,22-,23+/m0/s1. The lowest BCUT2D eigenvalue weighted by Crippen LogP contribution is -2.58. The maximum Gasteiger partial charge on any atom is 0.302 e. The zero-order valence-corrected chi connectivity index (χ0v) is 17.3. The number of ketones is 2. The number of hydrogen-bond donors (Lipinski definition) is 0. The number of fused-ring (bicyclic) bond motifs is 5. The number of carbonyl (C=O) groups excluding carboxylic acids is 3. The van der Waals surface area contributed by atoms with E-state index in [0.29, 0.717) is 30.0 Å². The van der Waals surface area contributed by atoms with Crippen molar-refractivity contribution in [2.45, 2.75) is 85.2 Å². The van der Waals surface area contributed by atoms with Gasteiger partial charge in [-0.25, -0.2) is 0 Å². The van der Waals surface area contributed by atoms with Crippen molar-refractivity contribution in [1.29, 1.82) is 0 Å². The molecule has 0 saturated heterocycles. The molecule has 4 heteroatoms. The fourth-order valence-electron chi connectivity index (χ4n) is 8.04. The summed E-state index contributed by atoms with van der Waals surface area (Å²) in [6, 6.07) is 0. The Kier molecular flexibility index (Phi) is 4.55. The topological polar surface area (TPSA) is 60.4 Å². The number of rotatable bonds is 2. The van der Waals surface area contributed by atoms with Gasteiger partial charge in [0.2, 0.25) is 0 Å². The molecule has 0 bridgehead atoms. The molecule has 8 atom stereocenters. The summed E-state index contributed by atoms with van der Waals surface area (Å²) in [4.78, 5) is 37.1. The van der Waals surface area contributed by atoms with Crippen LogP contribution in [0.3, 0.4) is 0 Å². The molecular formula is C23H34O4. The molecule has 4 aliphatic rings. The first kappa shape index (κ1) is 19.1. The molecule has 0 aromatic carbocycles. The van der Waals surface area contributed by atoms with Crippen molar-refractivity contribution in [2.24, 2.45) is 40.4 Å². The molecule has 0 radical (unpaired) electrons. The summed E-state index contributed by atoms with van der Waals surface area (Å²) in [7, 11) is 0. The third-order valence-corrected chi connectivity index (χ3v) is 9.12. The summed E-state index contributed by atoms with van der Waals surface area (Å²) in [5, 5.41) is 0. The van der Waals surface area contributed by atoms with Gasteiger partial charge in [0.25, 0.3) is 0 Å². The second-order valence-corrected chi connectivity index (χ2v) is 10.4. The van der Waals surface area contributed by atoms with Crippen molar-refractivity contribution < 1.29 is 19.1 Å². The molecule has 150 valence electrons. The molecule has 4 fully saturated rings. The molecule has 0 aliphatic heterocycles. The molecule has 4 rings (SSSR count). The molecule has 0 heterocycles. The molecular weight excluding hydrogens is 340 g/mol. The third-order valence-electron chi connectivity index (χ3n) is 9.12. The van der Waals surface area contributed by atoms with E-state index >= 15 is 0 Å². The normalized spacial score (nSPS) is 49.0. The average molecular weight is 375 g/mol. The Morgan fingerprint density at radius 1 is 1.00 bits per heavy atom. The van der Waals surface area contributed by atoms with E-state index in [9.17, 15) is 14.4 Å². The van der Waals surface area contributed by atoms with Gasteiger partial charge in [0.1, 0.15) is 17.7 Å². The first-order valence-electron chi connectivity index (χ1n) is 10.9. The molecule has 27 heavy (non-hydrogen) atoms. The first-order chi connectivity index (χ1) is 12.7. The Hall–Kier alpha value is -1.19. The van der Waals surface area contributed by atoms with Crippen LogP contribution in [0.15, 0.2) is 0 Å². The molecule has 4 nitrogen and oxygen atoms in total. The lowest BCUT2D eigenvalue weighted by molar-refractivity contribution is -0.169. The molecule has 2 unspecified atom stereocenters. The number of ether oxygens (including phenoxy) is 1. The monoisotopic (exact) mass is 374 g/mol. The second kappa shape index (κ2) is 6.42. The smallest absolute Gasteiger partial charge is 0.302 e. The van der Waals surface area contributed by atoms with E-state index in [2.05, 4.69) is 13.8 Å². The van der Waals surface area contributed by atoms with Gasteiger partial charge in [0.15, 0.2) is 0 Å². The summed E-state index contributed by atoms with van der Waals surface area (Å²) in [5.41, 5.74) is -0.0888. The molecule has 0 spiro atoms. The van der Waals surface area contributed by atoms with Gasteiger partial charge in [0.05, 0.1) is 0 Å². The summed E-state index contributed by atoms with van der Waals surface area (Å²) in [5.74, 6) is 2.11. The minimum atomic E-state index is -0.192. The summed E-state index contributed by atoms with van der Waals surface area (Å²) >= 11 is 0. The molecule has 0 N–H and O–H groups in total. The summed E-state index contributed by atoms with van der Waals surface area (Å²) < 4.78 is 5.51. The first-order valence-corrected chi connectivity index (χ1v) is 10.9. The Morgan fingerprint density at radius 3 is 2.41 bits per heavy atom. The predicted molar refractivity (Wildman–Crippen MR) is 102 cm³/mol. The van der Waals surface area contributed by atoms with Gasteiger partial charge < -0.3 is 4.74 Å². The number of Topliss-reactive ketones (excluding diaryl/α,β-unsaturated/α-hetero) is 2. The van der Waals surface area contributed by atoms with E-state index in [1.807, 2.05) is 0 Å². The van der Waals surface area contributed by atoms with Crippen LogP contribution >= 0.6 is 0 Å². The highest BCUT2D eigenvalue weighted by atomic mass is 16.5. The van der Waals surface area contributed by atoms with Crippen LogP contribution in [-0.4, -0.2) is 23.6 Å². The SMILES string of the molecule is CC(=O)OC1CC[C@@]2(C)C(CC[C@H]3[C@@H]4CC[C@H](C(C)=O)[C@@]4(C)CC(=O)[C@@H]32)C1. The van der Waals surface area contributed by atoms with Gasteiger partial charge in [-0.3, -0.25) is 14.4 Å². The van der Waals surface area contributed by atoms with Crippen LogP contribution in [0.25, 0.3) is 0 Å². The van der Waals surface area contributed by atoms with Crippen molar-refractivity contribution >= 4 is 17.5 Å². The maximum absolute atomic E-state index is 13.5. The molecule has 0 aromatic rings. The minimum Gasteiger partial charge on any atom is -0.463 e. The molecule has 0 aromatic heterocycles. The van der Waals surface area contributed by atoms with E-state index in [-0.39, 0.29) is 40.5 Å². The van der Waals surface area contributed by atoms with Crippen LogP contribution in [0.2, 0.25) is 0 Å². The van der Waals surface area contributed by atoms with Crippen LogP contribution in [0.5, 0.6) is 0 Å². The second-order valence-electron chi connectivity index (χ2n) is 10.4. The molecule has 4 aliphatic carbocycles. The fraction of sp³-hybridized carbons (Fsp3) is 0.870. The highest BCUT2D eigenvalue weighted by Crippen LogP contribution is 2.66. The zero-order valence-electron chi connectivity index (χ0n) is 17.3. The Bertz CT molecular complexity index is 669. The number of carbonyl (C=O) groups is 3. The van der Waals surface area contributed by atoms with Crippen LogP contribution in [0.4, 0.5) is 0 Å². The Labute approximate surface area is 162 Å². The fourth-order valence-corrected chi connectivity index (χ4v) is 8.04. The average Bonchev–Trinajstić information content (AvgIpc) is 2.91. The van der Waals surface area contributed by atoms with E-state index in [4.69, 9.17) is 4.74 Å². The predicted octanol–water partition coefficient (Wildman–Crippen LogP) is 4.35. The Balaban J connectivity index is 1.60. The third kappa shape index (κ3) is 2.81. The van der Waals surface area contributed by atoms with Crippen molar-refractivity contribution in [3.8, 4) is 0 Å². The van der Waals surface area contributed by atoms with Gasteiger partial charge in [-0.15, -0.1) is 0 Å². The summed E-state index contributed by atoms with van der Waals surface area (Å²) in [6.45, 7) is 7.75. The van der Waals surface area contributed by atoms with Gasteiger partial charge in [0, 0.05) is 25.2 Å². The highest BCUT2D eigenvalue weighted by Gasteiger charge is 2.63. The van der Waals surface area contributed by atoms with Crippen molar-refractivity contribution in [1.82, 2.24) is 0 Å². The largest absolute Gasteiger partial charge is 0.463 e. The van der Waals surface area contributed by atoms with Gasteiger partial charge in [-0.1, -0.05) is 13.8 Å². The van der Waals surface area contributed by atoms with Crippen LogP contribution in [0, 0.1) is 40.4 Å². The van der Waals surface area contributed by atoms with E-state index in [0.717, 1.165) is 44.9 Å². The maximum atomic E-state index is 13.5. The van der Waals surface area contributed by atoms with Crippen molar-refractivity contribution in [2.75, 3.05) is 0 Å². The van der Waals surface area contributed by atoms with Crippen LogP contribution in [-0.2, 0) is 19.1 Å². The quantitative estimate of drug-likeness (QED) is 0.675. The van der Waals surface area contributed by atoms with E-state index in [1.54, 1.807) is 6.92 Å². The van der Waals surface area contributed by atoms with Crippen molar-refractivity contribution in [3.63, 3.8) is 0 Å². The molecule has 0 amide bonds. The van der Waals surface area contributed by atoms with Crippen molar-refractivity contribution in [3.05, 3.63) is 0 Å². The minimum absolute atomic E-state index is 0.0228. The Morgan fingerprint density at radius 2 is 1.74 bits per heavy atom. The van der Waals surface area contributed by atoms with Crippen LogP contribution in [0.1, 0.15) is 79.1 Å². The lowest BCUT2D eigenvalue weighted by atomic mass is 9.44. The number of hydrogen-bond acceptors (Lipinski definition) is 4. The molecule has 4 saturated carbocycles. The zero-order chi connectivity index (χ0) is 19.6.